The number of hydrogen-bond acceptors (Lipinski definition) is 4. The summed E-state index contributed by atoms with van der Waals surface area (Å²) in [5.41, 5.74) is 1.33. The lowest BCUT2D eigenvalue weighted by Gasteiger charge is -2.15. The van der Waals surface area contributed by atoms with Crippen molar-refractivity contribution in [3.05, 3.63) is 63.9 Å². The molecule has 1 N–H and O–H groups in total. The highest BCUT2D eigenvalue weighted by molar-refractivity contribution is 7.13. The average Bonchev–Trinajstić information content (AvgIpc) is 3.30. The summed E-state index contributed by atoms with van der Waals surface area (Å²) >= 11 is 1.31. The van der Waals surface area contributed by atoms with Crippen LogP contribution < -0.4 is 5.32 Å². The second kappa shape index (κ2) is 7.38. The molecule has 1 amide bonds. The highest BCUT2D eigenvalue weighted by Crippen LogP contribution is 2.36. The van der Waals surface area contributed by atoms with Gasteiger partial charge < -0.3 is 0 Å². The fourth-order valence-electron chi connectivity index (χ4n) is 3.47. The minimum absolute atomic E-state index is 0.191. The van der Waals surface area contributed by atoms with Gasteiger partial charge in [-0.15, -0.1) is 11.3 Å². The standard InChI is InChI=1S/C19H17F3N4OS/c20-19(21,22)16-14-6-1-2-7-15(14)26(25-16)11-12-4-3-5-13(10-12)17(27)24-18-23-8-9-28-18/h3-5,8-10H,1-2,6-7,11H2,(H,23,24,27). The van der Waals surface area contributed by atoms with E-state index in [1.807, 2.05) is 0 Å². The van der Waals surface area contributed by atoms with Crippen molar-refractivity contribution in [3.8, 4) is 0 Å². The second-order valence-corrected chi connectivity index (χ2v) is 7.52. The Morgan fingerprint density at radius 3 is 2.82 bits per heavy atom. The van der Waals surface area contributed by atoms with Gasteiger partial charge in [-0.2, -0.15) is 18.3 Å². The summed E-state index contributed by atoms with van der Waals surface area (Å²) in [6, 6.07) is 6.83. The summed E-state index contributed by atoms with van der Waals surface area (Å²) in [7, 11) is 0. The number of aromatic nitrogens is 3. The number of amides is 1. The second-order valence-electron chi connectivity index (χ2n) is 6.63. The van der Waals surface area contributed by atoms with Crippen molar-refractivity contribution in [2.75, 3.05) is 5.32 Å². The van der Waals surface area contributed by atoms with Crippen LogP contribution in [0.2, 0.25) is 0 Å². The molecule has 1 aliphatic carbocycles. The number of thiazole rings is 1. The molecule has 1 aliphatic rings. The molecule has 5 nitrogen and oxygen atoms in total. The Kier molecular flexibility index (Phi) is 4.92. The molecule has 0 aliphatic heterocycles. The Balaban J connectivity index is 1.60. The van der Waals surface area contributed by atoms with Crippen molar-refractivity contribution in [3.63, 3.8) is 0 Å². The van der Waals surface area contributed by atoms with Gasteiger partial charge >= 0.3 is 6.18 Å². The molecule has 0 unspecified atom stereocenters. The zero-order chi connectivity index (χ0) is 19.7. The lowest BCUT2D eigenvalue weighted by atomic mass is 9.95. The molecule has 0 atom stereocenters. The minimum atomic E-state index is -4.46. The van der Waals surface area contributed by atoms with Crippen molar-refractivity contribution in [2.45, 2.75) is 38.4 Å². The molecule has 0 saturated heterocycles. The van der Waals surface area contributed by atoms with E-state index in [0.29, 0.717) is 34.8 Å². The van der Waals surface area contributed by atoms with Crippen molar-refractivity contribution in [1.29, 1.82) is 0 Å². The number of carbonyl (C=O) groups is 1. The Labute approximate surface area is 163 Å². The Hall–Kier alpha value is -2.68. The third-order valence-corrected chi connectivity index (χ3v) is 5.39. The number of carbonyl (C=O) groups excluding carboxylic acids is 1. The van der Waals surface area contributed by atoms with Crippen molar-refractivity contribution >= 4 is 22.4 Å². The molecule has 0 bridgehead atoms. The first-order valence-electron chi connectivity index (χ1n) is 8.87. The zero-order valence-corrected chi connectivity index (χ0v) is 15.6. The molecule has 9 heteroatoms. The quantitative estimate of drug-likeness (QED) is 0.692. The van der Waals surface area contributed by atoms with Gasteiger partial charge in [-0.1, -0.05) is 12.1 Å². The molecule has 1 aromatic carbocycles. The number of fused-ring (bicyclic) bond motifs is 1. The predicted molar refractivity (Wildman–Crippen MR) is 99.5 cm³/mol. The van der Waals surface area contributed by atoms with Crippen LogP contribution in [0, 0.1) is 0 Å². The molecule has 0 saturated carbocycles. The third kappa shape index (κ3) is 3.80. The van der Waals surface area contributed by atoms with Gasteiger partial charge in [0.05, 0.1) is 6.54 Å². The summed E-state index contributed by atoms with van der Waals surface area (Å²) in [4.78, 5) is 16.4. The average molecular weight is 406 g/mol. The Morgan fingerprint density at radius 1 is 1.25 bits per heavy atom. The summed E-state index contributed by atoms with van der Waals surface area (Å²) in [6.07, 6.45) is -0.276. The number of halogens is 3. The molecule has 0 fully saturated rings. The van der Waals surface area contributed by atoms with Gasteiger partial charge in [0, 0.05) is 28.4 Å². The normalized spacial score (nSPS) is 14.0. The molecule has 4 rings (SSSR count). The topological polar surface area (TPSA) is 59.8 Å². The molecule has 146 valence electrons. The summed E-state index contributed by atoms with van der Waals surface area (Å²) in [5.74, 6) is -0.310. The fraction of sp³-hybridized carbons (Fsp3) is 0.316. The smallest absolute Gasteiger partial charge is 0.298 e. The van der Waals surface area contributed by atoms with Gasteiger partial charge in [0.15, 0.2) is 10.8 Å². The monoisotopic (exact) mass is 406 g/mol. The van der Waals surface area contributed by atoms with E-state index in [2.05, 4.69) is 15.4 Å². The van der Waals surface area contributed by atoms with Gasteiger partial charge in [0.1, 0.15) is 0 Å². The lowest BCUT2D eigenvalue weighted by Crippen LogP contribution is -2.13. The van der Waals surface area contributed by atoms with E-state index < -0.39 is 11.9 Å². The summed E-state index contributed by atoms with van der Waals surface area (Å²) in [5, 5.41) is 8.82. The van der Waals surface area contributed by atoms with Crippen LogP contribution in [-0.2, 0) is 25.6 Å². The van der Waals surface area contributed by atoms with Crippen LogP contribution in [-0.4, -0.2) is 20.7 Å². The fourth-order valence-corrected chi connectivity index (χ4v) is 3.99. The minimum Gasteiger partial charge on any atom is -0.298 e. The maximum absolute atomic E-state index is 13.3. The number of benzene rings is 1. The molecule has 0 radical (unpaired) electrons. The molecule has 28 heavy (non-hydrogen) atoms. The summed E-state index contributed by atoms with van der Waals surface area (Å²) in [6.45, 7) is 0.191. The van der Waals surface area contributed by atoms with Crippen LogP contribution in [0.4, 0.5) is 18.3 Å². The predicted octanol–water partition coefficient (Wildman–Crippen LogP) is 4.54. The van der Waals surface area contributed by atoms with Crippen LogP contribution in [0.25, 0.3) is 0 Å². The van der Waals surface area contributed by atoms with Crippen molar-refractivity contribution in [1.82, 2.24) is 14.8 Å². The molecular weight excluding hydrogens is 389 g/mol. The number of anilines is 1. The van der Waals surface area contributed by atoms with Crippen LogP contribution in [0.3, 0.4) is 0 Å². The van der Waals surface area contributed by atoms with Gasteiger partial charge in [0.25, 0.3) is 5.91 Å². The van der Waals surface area contributed by atoms with Crippen LogP contribution in [0.5, 0.6) is 0 Å². The SMILES string of the molecule is O=C(Nc1nccs1)c1cccc(Cn2nc(C(F)(F)F)c3c2CCCC3)c1. The van der Waals surface area contributed by atoms with Crippen LogP contribution >= 0.6 is 11.3 Å². The number of hydrogen-bond donors (Lipinski definition) is 1. The van der Waals surface area contributed by atoms with E-state index >= 15 is 0 Å². The molecule has 0 spiro atoms. The number of alkyl halides is 3. The van der Waals surface area contributed by atoms with Crippen LogP contribution in [0.1, 0.15) is 45.7 Å². The van der Waals surface area contributed by atoms with Gasteiger partial charge in [-0.05, 0) is 43.4 Å². The van der Waals surface area contributed by atoms with Crippen molar-refractivity contribution in [2.24, 2.45) is 0 Å². The molecule has 2 heterocycles. The largest absolute Gasteiger partial charge is 0.435 e. The van der Waals surface area contributed by atoms with Crippen LogP contribution in [0.15, 0.2) is 35.8 Å². The third-order valence-electron chi connectivity index (χ3n) is 4.70. The maximum Gasteiger partial charge on any atom is 0.435 e. The Morgan fingerprint density at radius 2 is 2.07 bits per heavy atom. The molecular formula is C19H17F3N4OS. The van der Waals surface area contributed by atoms with Gasteiger partial charge in [0.2, 0.25) is 0 Å². The van der Waals surface area contributed by atoms with E-state index in [-0.39, 0.29) is 12.5 Å². The van der Waals surface area contributed by atoms with Gasteiger partial charge in [-0.3, -0.25) is 14.8 Å². The van der Waals surface area contributed by atoms with Crippen molar-refractivity contribution < 1.29 is 18.0 Å². The van der Waals surface area contributed by atoms with Gasteiger partial charge in [-0.25, -0.2) is 4.98 Å². The van der Waals surface area contributed by atoms with E-state index in [0.717, 1.165) is 18.4 Å². The van der Waals surface area contributed by atoms with E-state index in [9.17, 15) is 18.0 Å². The molecule has 2 aromatic heterocycles. The number of nitrogens with zero attached hydrogens (tertiary/aromatic N) is 3. The first kappa shape index (κ1) is 18.7. The van der Waals surface area contributed by atoms with E-state index in [4.69, 9.17) is 0 Å². The first-order chi connectivity index (χ1) is 13.4. The highest BCUT2D eigenvalue weighted by Gasteiger charge is 2.39. The zero-order valence-electron chi connectivity index (χ0n) is 14.8. The maximum atomic E-state index is 13.3. The number of nitrogens with one attached hydrogen (secondary N) is 1. The molecule has 3 aromatic rings. The van der Waals surface area contributed by atoms with E-state index in [1.54, 1.807) is 35.8 Å². The highest BCUT2D eigenvalue weighted by atomic mass is 32.1. The first-order valence-corrected chi connectivity index (χ1v) is 9.75. The Bertz CT molecular complexity index is 995. The van der Waals surface area contributed by atoms with E-state index in [1.165, 1.54) is 16.0 Å². The summed E-state index contributed by atoms with van der Waals surface area (Å²) < 4.78 is 41.5. The number of rotatable bonds is 4. The lowest BCUT2D eigenvalue weighted by molar-refractivity contribution is -0.142.